The minimum absolute atomic E-state index is 0.0521. The molecule has 3 aromatic carbocycles. The van der Waals surface area contributed by atoms with E-state index >= 15 is 0 Å². The number of hydrogen-bond donors (Lipinski definition) is 4. The van der Waals surface area contributed by atoms with Crippen LogP contribution in [0.25, 0.3) is 5.57 Å². The molecule has 0 atom stereocenters. The minimum Gasteiger partial charge on any atom is -0.491 e. The maximum absolute atomic E-state index is 13.7. The zero-order valence-electron chi connectivity index (χ0n) is 21.1. The van der Waals surface area contributed by atoms with E-state index in [1.54, 1.807) is 30.3 Å². The number of nitrogens with one attached hydrogen (secondary N) is 3. The highest BCUT2D eigenvalue weighted by molar-refractivity contribution is 6.00. The molecule has 40 heavy (non-hydrogen) atoms. The van der Waals surface area contributed by atoms with Crippen LogP contribution in [-0.4, -0.2) is 48.4 Å². The molecule has 0 aliphatic carbocycles. The number of urea groups is 2. The summed E-state index contributed by atoms with van der Waals surface area (Å²) < 4.78 is 59.5. The molecule has 0 bridgehead atoms. The van der Waals surface area contributed by atoms with Crippen LogP contribution >= 0.6 is 0 Å². The maximum atomic E-state index is 13.7. The molecule has 1 aliphatic heterocycles. The Labute approximate surface area is 227 Å². The summed E-state index contributed by atoms with van der Waals surface area (Å²) in [4.78, 5) is 26.3. The van der Waals surface area contributed by atoms with Crippen LogP contribution in [-0.2, 0) is 6.18 Å². The van der Waals surface area contributed by atoms with Crippen LogP contribution in [0.1, 0.15) is 17.5 Å². The summed E-state index contributed by atoms with van der Waals surface area (Å²) in [5, 5.41) is 16.2. The Kier molecular flexibility index (Phi) is 8.90. The number of para-hydroxylation sites is 1. The van der Waals surface area contributed by atoms with Gasteiger partial charge in [-0.1, -0.05) is 30.3 Å². The second kappa shape index (κ2) is 12.5. The lowest BCUT2D eigenvalue weighted by atomic mass is 9.99. The highest BCUT2D eigenvalue weighted by Crippen LogP contribution is 2.37. The Balaban J connectivity index is 1.35. The van der Waals surface area contributed by atoms with E-state index in [1.165, 1.54) is 29.2 Å². The molecule has 3 aromatic rings. The number of halogens is 4. The number of alkyl halides is 3. The van der Waals surface area contributed by atoms with E-state index in [2.05, 4.69) is 16.0 Å². The fourth-order valence-electron chi connectivity index (χ4n) is 4.05. The lowest BCUT2D eigenvalue weighted by molar-refractivity contribution is -0.137. The van der Waals surface area contributed by atoms with Gasteiger partial charge in [0.25, 0.3) is 0 Å². The number of hydrogen-bond acceptors (Lipinski definition) is 4. The van der Waals surface area contributed by atoms with Crippen LogP contribution in [0.15, 0.2) is 72.8 Å². The summed E-state index contributed by atoms with van der Waals surface area (Å²) in [6, 6.07) is 14.6. The van der Waals surface area contributed by atoms with Crippen molar-refractivity contribution >= 4 is 34.7 Å². The molecule has 1 heterocycles. The number of aliphatic hydroxyl groups excluding tert-OH is 1. The first-order chi connectivity index (χ1) is 19.1. The molecule has 1 aliphatic rings. The fraction of sp³-hybridized carbons (Fsp3) is 0.214. The first kappa shape index (κ1) is 28.4. The van der Waals surface area contributed by atoms with Crippen molar-refractivity contribution in [3.8, 4) is 5.75 Å². The van der Waals surface area contributed by atoms with Gasteiger partial charge in [0.1, 0.15) is 18.2 Å². The Morgan fingerprint density at radius 2 is 1.70 bits per heavy atom. The van der Waals surface area contributed by atoms with E-state index in [1.807, 2.05) is 6.08 Å². The van der Waals surface area contributed by atoms with E-state index < -0.39 is 35.3 Å². The van der Waals surface area contributed by atoms with Crippen LogP contribution in [0.4, 0.5) is 44.2 Å². The standard InChI is InChI=1S/C28H26F4N4O4/c29-23-3-1-2-4-25(23)34-26(38)33-20-7-5-18(6-8-20)19-11-13-36(14-12-19)27(39)35-24-10-9-21(40-16-15-37)17-22(24)28(30,31)32/h1-11,17,37H,12-16H2,(H,35,39)(H2,33,34,38). The molecule has 0 unspecified atom stereocenters. The van der Waals surface area contributed by atoms with Gasteiger partial charge >= 0.3 is 18.2 Å². The van der Waals surface area contributed by atoms with Crippen molar-refractivity contribution in [2.75, 3.05) is 42.3 Å². The molecule has 4 N–H and O–H groups in total. The Bertz CT molecular complexity index is 1390. The number of ether oxygens (including phenoxy) is 1. The second-order valence-electron chi connectivity index (χ2n) is 8.77. The molecule has 0 spiro atoms. The third-order valence-corrected chi connectivity index (χ3v) is 6.03. The average molecular weight is 559 g/mol. The monoisotopic (exact) mass is 558 g/mol. The van der Waals surface area contributed by atoms with Gasteiger partial charge in [-0.15, -0.1) is 0 Å². The van der Waals surface area contributed by atoms with Gasteiger partial charge in [-0.25, -0.2) is 14.0 Å². The quantitative estimate of drug-likeness (QED) is 0.260. The fourth-order valence-corrected chi connectivity index (χ4v) is 4.05. The highest BCUT2D eigenvalue weighted by Gasteiger charge is 2.35. The Morgan fingerprint density at radius 1 is 0.950 bits per heavy atom. The molecule has 0 fully saturated rings. The number of amides is 4. The van der Waals surface area contributed by atoms with Gasteiger partial charge in [-0.2, -0.15) is 13.2 Å². The van der Waals surface area contributed by atoms with Crippen LogP contribution in [0.5, 0.6) is 5.75 Å². The van der Waals surface area contributed by atoms with Crippen molar-refractivity contribution in [2.24, 2.45) is 0 Å². The predicted molar refractivity (Wildman–Crippen MR) is 143 cm³/mol. The first-order valence-electron chi connectivity index (χ1n) is 12.3. The molecular formula is C28H26F4N4O4. The highest BCUT2D eigenvalue weighted by atomic mass is 19.4. The summed E-state index contributed by atoms with van der Waals surface area (Å²) in [5.74, 6) is -0.626. The molecule has 0 saturated heterocycles. The van der Waals surface area contributed by atoms with Gasteiger partial charge in [0, 0.05) is 18.8 Å². The predicted octanol–water partition coefficient (Wildman–Crippen LogP) is 6.18. The zero-order valence-corrected chi connectivity index (χ0v) is 21.1. The van der Waals surface area contributed by atoms with Crippen molar-refractivity contribution in [1.29, 1.82) is 0 Å². The average Bonchev–Trinajstić information content (AvgIpc) is 2.93. The van der Waals surface area contributed by atoms with E-state index in [4.69, 9.17) is 9.84 Å². The molecule has 0 aromatic heterocycles. The zero-order chi connectivity index (χ0) is 28.7. The van der Waals surface area contributed by atoms with Crippen LogP contribution in [0.2, 0.25) is 0 Å². The SMILES string of the molecule is O=C(Nc1ccc(C2=CCN(C(=O)Nc3ccc(OCCO)cc3C(F)(F)F)CC2)cc1)Nc1ccccc1F. The third-order valence-electron chi connectivity index (χ3n) is 6.03. The van der Waals surface area contributed by atoms with Crippen LogP contribution in [0, 0.1) is 5.82 Å². The van der Waals surface area contributed by atoms with Crippen molar-refractivity contribution in [2.45, 2.75) is 12.6 Å². The van der Waals surface area contributed by atoms with Gasteiger partial charge in [0.2, 0.25) is 0 Å². The van der Waals surface area contributed by atoms with Gasteiger partial charge in [0.15, 0.2) is 0 Å². The van der Waals surface area contributed by atoms with Crippen molar-refractivity contribution < 1.29 is 37.0 Å². The number of carbonyl (C=O) groups is 2. The second-order valence-corrected chi connectivity index (χ2v) is 8.77. The van der Waals surface area contributed by atoms with Crippen molar-refractivity contribution in [3.63, 3.8) is 0 Å². The Morgan fingerprint density at radius 3 is 2.35 bits per heavy atom. The van der Waals surface area contributed by atoms with E-state index in [9.17, 15) is 27.2 Å². The summed E-state index contributed by atoms with van der Waals surface area (Å²) in [5.41, 5.74) is 0.886. The number of nitrogens with zero attached hydrogens (tertiary/aromatic N) is 1. The lowest BCUT2D eigenvalue weighted by Crippen LogP contribution is -2.38. The maximum Gasteiger partial charge on any atom is 0.418 e. The summed E-state index contributed by atoms with van der Waals surface area (Å²) >= 11 is 0. The molecule has 12 heteroatoms. The molecule has 0 radical (unpaired) electrons. The largest absolute Gasteiger partial charge is 0.491 e. The first-order valence-corrected chi connectivity index (χ1v) is 12.3. The lowest BCUT2D eigenvalue weighted by Gasteiger charge is -2.27. The number of aliphatic hydroxyl groups is 1. The van der Waals surface area contributed by atoms with E-state index in [0.29, 0.717) is 12.1 Å². The smallest absolute Gasteiger partial charge is 0.418 e. The molecule has 0 saturated carbocycles. The molecule has 4 rings (SSSR count). The summed E-state index contributed by atoms with van der Waals surface area (Å²) in [7, 11) is 0. The summed E-state index contributed by atoms with van der Waals surface area (Å²) in [6.45, 7) is -0.0396. The van der Waals surface area contributed by atoms with Crippen molar-refractivity contribution in [3.05, 3.63) is 89.8 Å². The molecule has 210 valence electrons. The van der Waals surface area contributed by atoms with E-state index in [0.717, 1.165) is 23.3 Å². The normalized spacial score (nSPS) is 13.3. The number of benzene rings is 3. The minimum atomic E-state index is -4.73. The van der Waals surface area contributed by atoms with Crippen LogP contribution in [0.3, 0.4) is 0 Å². The van der Waals surface area contributed by atoms with Gasteiger partial charge in [-0.05, 0) is 60.0 Å². The van der Waals surface area contributed by atoms with Crippen molar-refractivity contribution in [1.82, 2.24) is 4.90 Å². The van der Waals surface area contributed by atoms with Gasteiger partial charge in [-0.3, -0.25) is 0 Å². The van der Waals surface area contributed by atoms with E-state index in [-0.39, 0.29) is 37.7 Å². The Hall–Kier alpha value is -4.58. The number of rotatable bonds is 7. The molecule has 4 amide bonds. The number of carbonyl (C=O) groups excluding carboxylic acids is 2. The molecule has 8 nitrogen and oxygen atoms in total. The van der Waals surface area contributed by atoms with Crippen LogP contribution < -0.4 is 20.7 Å². The van der Waals surface area contributed by atoms with Gasteiger partial charge in [0.05, 0.1) is 23.5 Å². The third kappa shape index (κ3) is 7.29. The topological polar surface area (TPSA) is 103 Å². The molecular weight excluding hydrogens is 532 g/mol. The summed E-state index contributed by atoms with van der Waals surface area (Å²) in [6.07, 6.45) is -2.45. The van der Waals surface area contributed by atoms with Gasteiger partial charge < -0.3 is 30.7 Å². The number of anilines is 3.